The van der Waals surface area contributed by atoms with Gasteiger partial charge in [0.25, 0.3) is 0 Å². The molecule has 0 heterocycles. The van der Waals surface area contributed by atoms with Crippen molar-refractivity contribution in [3.63, 3.8) is 0 Å². The molecule has 4 saturated carbocycles. The Kier molecular flexibility index (Phi) is 6.98. The summed E-state index contributed by atoms with van der Waals surface area (Å²) in [6.45, 7) is 16.2. The average Bonchev–Trinajstić information content (AvgIpc) is 3.15. The minimum absolute atomic E-state index is 0.0625. The molecule has 9 heteroatoms. The molecule has 0 aliphatic heterocycles. The van der Waals surface area contributed by atoms with Gasteiger partial charge in [0, 0.05) is 49.9 Å². The van der Waals surface area contributed by atoms with Crippen molar-refractivity contribution >= 4 is 29.7 Å². The lowest BCUT2D eigenvalue weighted by atomic mass is 9.42. The second-order valence-corrected chi connectivity index (χ2v) is 13.2. The van der Waals surface area contributed by atoms with Crippen LogP contribution in [0, 0.1) is 33.5 Å². The van der Waals surface area contributed by atoms with E-state index in [4.69, 9.17) is 18.9 Å². The van der Waals surface area contributed by atoms with Gasteiger partial charge in [-0.15, -0.1) is 0 Å². The third kappa shape index (κ3) is 3.57. The van der Waals surface area contributed by atoms with Crippen molar-refractivity contribution in [1.29, 1.82) is 0 Å². The highest BCUT2D eigenvalue weighted by Gasteiger charge is 2.92. The quantitative estimate of drug-likeness (QED) is 0.279. The lowest BCUT2D eigenvalue weighted by Crippen LogP contribution is -2.63. The first-order valence-corrected chi connectivity index (χ1v) is 14.6. The second-order valence-electron chi connectivity index (χ2n) is 13.2. The summed E-state index contributed by atoms with van der Waals surface area (Å²) in [4.78, 5) is 65.4. The first kappa shape index (κ1) is 30.0. The van der Waals surface area contributed by atoms with Gasteiger partial charge >= 0.3 is 23.9 Å². The van der Waals surface area contributed by atoms with Gasteiger partial charge in [0.05, 0.1) is 11.0 Å². The highest BCUT2D eigenvalue weighted by molar-refractivity contribution is 5.90. The molecule has 4 fully saturated rings. The van der Waals surface area contributed by atoms with Crippen LogP contribution in [0.5, 0.6) is 0 Å². The molecule has 1 aromatic rings. The number of fused-ring (bicyclic) bond motifs is 1. The van der Waals surface area contributed by atoms with Gasteiger partial charge in [-0.3, -0.25) is 19.2 Å². The standard InChI is InChI=1S/C33H40O9/c1-17-24(37)16-23-26(39-19(3)34)33-18(2)25(42-29(38)22-12-10-9-11-13-22)14-15-31(33,8)27(40-20(4)35)28(41-21(5)36)32(17,33)30(23,6)7/h9-13,17,23,25-28H,2,14-16H2,1,3-8H3/t17-,23+,25+,26-,27+,28+,31+,32+,33-/m1/s1. The highest BCUT2D eigenvalue weighted by atomic mass is 16.6. The van der Waals surface area contributed by atoms with E-state index in [0.29, 0.717) is 24.0 Å². The van der Waals surface area contributed by atoms with E-state index >= 15 is 0 Å². The van der Waals surface area contributed by atoms with Gasteiger partial charge in [0.1, 0.15) is 30.2 Å². The van der Waals surface area contributed by atoms with Gasteiger partial charge in [0.15, 0.2) is 0 Å². The topological polar surface area (TPSA) is 122 Å². The third-order valence-corrected chi connectivity index (χ3v) is 11.2. The van der Waals surface area contributed by atoms with Crippen molar-refractivity contribution in [2.24, 2.45) is 33.5 Å². The third-order valence-electron chi connectivity index (χ3n) is 11.2. The first-order valence-electron chi connectivity index (χ1n) is 14.6. The number of benzene rings is 1. The molecule has 4 aliphatic rings. The predicted molar refractivity (Wildman–Crippen MR) is 150 cm³/mol. The fourth-order valence-corrected chi connectivity index (χ4v) is 10.0. The van der Waals surface area contributed by atoms with Crippen LogP contribution in [0.2, 0.25) is 0 Å². The number of carbonyl (C=O) groups is 5. The van der Waals surface area contributed by atoms with Gasteiger partial charge in [-0.05, 0) is 36.0 Å². The summed E-state index contributed by atoms with van der Waals surface area (Å²) in [6.07, 6.45) is -2.86. The van der Waals surface area contributed by atoms with E-state index in [-0.39, 0.29) is 12.2 Å². The van der Waals surface area contributed by atoms with Crippen molar-refractivity contribution in [1.82, 2.24) is 0 Å². The van der Waals surface area contributed by atoms with Crippen LogP contribution in [0.15, 0.2) is 42.5 Å². The zero-order chi connectivity index (χ0) is 31.0. The number of Topliss-reactive ketones (excluding diaryl/α,β-unsaturated/α-hetero) is 1. The zero-order valence-electron chi connectivity index (χ0n) is 25.4. The SMILES string of the molecule is C=C1[C@@H](OC(=O)c2ccccc2)CC[C@@]2(C)[C@@H](OC(C)=O)[C@H](OC(C)=O)[C@]34[C@H](C)C(=O)C[C@@H]([C@@H](OC(C)=O)[C@@]132)C4(C)C. The van der Waals surface area contributed by atoms with E-state index in [1.807, 2.05) is 27.7 Å². The van der Waals surface area contributed by atoms with Crippen molar-refractivity contribution < 1.29 is 42.9 Å². The maximum Gasteiger partial charge on any atom is 0.338 e. The molecule has 42 heavy (non-hydrogen) atoms. The van der Waals surface area contributed by atoms with Crippen molar-refractivity contribution in [2.45, 2.75) is 92.1 Å². The molecule has 0 aromatic heterocycles. The van der Waals surface area contributed by atoms with Crippen molar-refractivity contribution in [3.8, 4) is 0 Å². The Morgan fingerprint density at radius 1 is 0.833 bits per heavy atom. The Morgan fingerprint density at radius 3 is 1.95 bits per heavy atom. The first-order chi connectivity index (χ1) is 19.6. The Balaban J connectivity index is 1.81. The Morgan fingerprint density at radius 2 is 1.38 bits per heavy atom. The molecule has 9 nitrogen and oxygen atoms in total. The predicted octanol–water partition coefficient (Wildman–Crippen LogP) is 4.61. The highest BCUT2D eigenvalue weighted by Crippen LogP contribution is 2.86. The molecule has 0 saturated heterocycles. The van der Waals surface area contributed by atoms with E-state index in [1.165, 1.54) is 20.8 Å². The maximum absolute atomic E-state index is 13.9. The monoisotopic (exact) mass is 580 g/mol. The summed E-state index contributed by atoms with van der Waals surface area (Å²) in [5, 5.41) is 0. The summed E-state index contributed by atoms with van der Waals surface area (Å²) < 4.78 is 24.6. The van der Waals surface area contributed by atoms with Crippen molar-refractivity contribution in [3.05, 3.63) is 48.0 Å². The summed E-state index contributed by atoms with van der Waals surface area (Å²) in [7, 11) is 0. The van der Waals surface area contributed by atoms with Crippen LogP contribution in [0.25, 0.3) is 0 Å². The van der Waals surface area contributed by atoms with Crippen LogP contribution in [0.4, 0.5) is 0 Å². The molecular weight excluding hydrogens is 540 g/mol. The summed E-state index contributed by atoms with van der Waals surface area (Å²) in [6, 6.07) is 8.61. The molecule has 226 valence electrons. The van der Waals surface area contributed by atoms with E-state index in [0.717, 1.165) is 0 Å². The number of carbonyl (C=O) groups excluding carboxylic acids is 5. The second kappa shape index (κ2) is 9.78. The summed E-state index contributed by atoms with van der Waals surface area (Å²) in [5.41, 5.74) is -3.39. The van der Waals surface area contributed by atoms with Crippen LogP contribution < -0.4 is 0 Å². The van der Waals surface area contributed by atoms with Gasteiger partial charge in [-0.25, -0.2) is 4.79 Å². The van der Waals surface area contributed by atoms with Crippen LogP contribution >= 0.6 is 0 Å². The number of ketones is 1. The summed E-state index contributed by atoms with van der Waals surface area (Å²) in [5.74, 6) is -3.44. The molecule has 9 atom stereocenters. The lowest BCUT2D eigenvalue weighted by molar-refractivity contribution is -0.194. The van der Waals surface area contributed by atoms with Crippen LogP contribution in [-0.4, -0.2) is 54.1 Å². The van der Waals surface area contributed by atoms with Crippen LogP contribution in [0.3, 0.4) is 0 Å². The molecule has 2 spiro atoms. The largest absolute Gasteiger partial charge is 0.461 e. The van der Waals surface area contributed by atoms with Gasteiger partial charge < -0.3 is 18.9 Å². The minimum Gasteiger partial charge on any atom is -0.461 e. The summed E-state index contributed by atoms with van der Waals surface area (Å²) >= 11 is 0. The zero-order valence-corrected chi connectivity index (χ0v) is 25.4. The van der Waals surface area contributed by atoms with Gasteiger partial charge in [0.2, 0.25) is 0 Å². The van der Waals surface area contributed by atoms with Crippen molar-refractivity contribution in [2.75, 3.05) is 0 Å². The molecule has 2 bridgehead atoms. The van der Waals surface area contributed by atoms with E-state index < -0.39 is 81.8 Å². The molecule has 0 radical (unpaired) electrons. The number of rotatable bonds is 5. The number of esters is 4. The molecule has 0 N–H and O–H groups in total. The fourth-order valence-electron chi connectivity index (χ4n) is 10.0. The lowest BCUT2D eigenvalue weighted by Gasteiger charge is -2.60. The normalized spacial score (nSPS) is 39.5. The molecular formula is C33H40O9. The smallest absolute Gasteiger partial charge is 0.338 e. The van der Waals surface area contributed by atoms with Crippen LogP contribution in [0.1, 0.15) is 78.1 Å². The molecule has 4 aliphatic carbocycles. The van der Waals surface area contributed by atoms with E-state index in [2.05, 4.69) is 6.58 Å². The molecule has 1 aromatic carbocycles. The maximum atomic E-state index is 13.9. The Labute approximate surface area is 246 Å². The van der Waals surface area contributed by atoms with Gasteiger partial charge in [-0.2, -0.15) is 0 Å². The number of hydrogen-bond acceptors (Lipinski definition) is 9. The molecule has 0 unspecified atom stereocenters. The van der Waals surface area contributed by atoms with E-state index in [1.54, 1.807) is 30.3 Å². The van der Waals surface area contributed by atoms with E-state index in [9.17, 15) is 24.0 Å². The average molecular weight is 581 g/mol. The Hall–Kier alpha value is -3.49. The number of hydrogen-bond donors (Lipinski definition) is 0. The minimum atomic E-state index is -1.26. The molecule has 5 rings (SSSR count). The number of ether oxygens (including phenoxy) is 4. The Bertz CT molecular complexity index is 1360. The fraction of sp³-hybridized carbons (Fsp3) is 0.606. The molecule has 0 amide bonds. The van der Waals surface area contributed by atoms with Crippen LogP contribution in [-0.2, 0) is 38.1 Å². The van der Waals surface area contributed by atoms with Gasteiger partial charge in [-0.1, -0.05) is 52.5 Å².